The summed E-state index contributed by atoms with van der Waals surface area (Å²) in [4.78, 5) is 27.5. The van der Waals surface area contributed by atoms with E-state index in [0.717, 1.165) is 37.9 Å². The molecule has 42 heavy (non-hydrogen) atoms. The van der Waals surface area contributed by atoms with E-state index in [4.69, 9.17) is 20.5 Å². The summed E-state index contributed by atoms with van der Waals surface area (Å²) >= 11 is 0. The topological polar surface area (TPSA) is 109 Å². The number of benzene rings is 2. The second-order valence-electron chi connectivity index (χ2n) is 12.8. The third kappa shape index (κ3) is 10.2. The van der Waals surface area contributed by atoms with Crippen molar-refractivity contribution in [2.45, 2.75) is 84.5 Å². The van der Waals surface area contributed by atoms with Crippen molar-refractivity contribution in [1.82, 2.24) is 9.80 Å². The van der Waals surface area contributed by atoms with Gasteiger partial charge in [-0.25, -0.2) is 9.59 Å². The lowest BCUT2D eigenvalue weighted by atomic mass is 9.89. The minimum Gasteiger partial charge on any atom is -0.444 e. The van der Waals surface area contributed by atoms with Crippen molar-refractivity contribution in [2.24, 2.45) is 5.73 Å². The first-order valence-corrected chi connectivity index (χ1v) is 14.7. The highest BCUT2D eigenvalue weighted by Crippen LogP contribution is 2.29. The molecule has 0 aliphatic carbocycles. The summed E-state index contributed by atoms with van der Waals surface area (Å²) in [5.41, 5.74) is 10.2. The Hall–Kier alpha value is -3.83. The highest BCUT2D eigenvalue weighted by atomic mass is 16.6. The second-order valence-corrected chi connectivity index (χ2v) is 12.8. The van der Waals surface area contributed by atoms with Crippen molar-refractivity contribution in [3.05, 3.63) is 76.9 Å². The molecule has 1 fully saturated rings. The molecule has 0 bridgehead atoms. The van der Waals surface area contributed by atoms with Crippen molar-refractivity contribution in [1.29, 1.82) is 5.26 Å². The van der Waals surface area contributed by atoms with Crippen LogP contribution in [0.1, 0.15) is 89.0 Å². The van der Waals surface area contributed by atoms with E-state index in [1.54, 1.807) is 11.0 Å². The molecule has 0 saturated carbocycles. The van der Waals surface area contributed by atoms with Crippen LogP contribution < -0.4 is 5.73 Å². The molecule has 2 aromatic rings. The number of piperidine rings is 1. The average molecular weight is 575 g/mol. The summed E-state index contributed by atoms with van der Waals surface area (Å²) in [6, 6.07) is 18.2. The minimum absolute atomic E-state index is 0.198. The number of likely N-dealkylation sites (tertiary alicyclic amines) is 1. The van der Waals surface area contributed by atoms with Gasteiger partial charge >= 0.3 is 12.2 Å². The maximum atomic E-state index is 12.0. The molecule has 0 radical (unpaired) electrons. The maximum Gasteiger partial charge on any atom is 0.410 e. The van der Waals surface area contributed by atoms with Crippen LogP contribution in [0.15, 0.2) is 54.6 Å². The number of carbonyl (C=O) groups excluding carboxylic acids is 2. The Bertz CT molecular complexity index is 1290. The van der Waals surface area contributed by atoms with E-state index in [1.165, 1.54) is 16.7 Å². The van der Waals surface area contributed by atoms with Crippen molar-refractivity contribution in [3.8, 4) is 6.07 Å². The third-order valence-electron chi connectivity index (χ3n) is 7.03. The van der Waals surface area contributed by atoms with E-state index in [9.17, 15) is 9.59 Å². The molecule has 8 heteroatoms. The summed E-state index contributed by atoms with van der Waals surface area (Å²) in [6.45, 7) is 14.6. The van der Waals surface area contributed by atoms with E-state index in [0.29, 0.717) is 31.1 Å². The zero-order valence-electron chi connectivity index (χ0n) is 26.0. The smallest absolute Gasteiger partial charge is 0.410 e. The largest absolute Gasteiger partial charge is 0.444 e. The van der Waals surface area contributed by atoms with Gasteiger partial charge < -0.3 is 25.0 Å². The highest BCUT2D eigenvalue weighted by molar-refractivity contribution is 5.73. The summed E-state index contributed by atoms with van der Waals surface area (Å²) < 4.78 is 10.8. The molecule has 0 spiro atoms. The molecular weight excluding hydrogens is 528 g/mol. The van der Waals surface area contributed by atoms with Crippen molar-refractivity contribution >= 4 is 17.8 Å². The fourth-order valence-corrected chi connectivity index (χ4v) is 4.91. The zero-order valence-corrected chi connectivity index (χ0v) is 26.0. The Balaban J connectivity index is 0.000000230. The van der Waals surface area contributed by atoms with Crippen LogP contribution in [0.2, 0.25) is 0 Å². The molecule has 226 valence electrons. The number of ether oxygens (including phenoxy) is 2. The van der Waals surface area contributed by atoms with Gasteiger partial charge in [0.25, 0.3) is 0 Å². The van der Waals surface area contributed by atoms with Crippen LogP contribution in [0.25, 0.3) is 5.57 Å². The van der Waals surface area contributed by atoms with Crippen LogP contribution in [-0.2, 0) is 16.0 Å². The number of nitriles is 1. The van der Waals surface area contributed by atoms with E-state index in [-0.39, 0.29) is 12.2 Å². The van der Waals surface area contributed by atoms with Gasteiger partial charge in [0.15, 0.2) is 0 Å². The molecule has 2 amide bonds. The van der Waals surface area contributed by atoms with Crippen molar-refractivity contribution < 1.29 is 19.1 Å². The number of hydrogen-bond acceptors (Lipinski definition) is 6. The van der Waals surface area contributed by atoms with Gasteiger partial charge in [-0.1, -0.05) is 42.5 Å². The van der Waals surface area contributed by atoms with Gasteiger partial charge in [0, 0.05) is 32.7 Å². The third-order valence-corrected chi connectivity index (χ3v) is 7.03. The van der Waals surface area contributed by atoms with Gasteiger partial charge in [-0.2, -0.15) is 5.26 Å². The molecule has 4 rings (SSSR count). The van der Waals surface area contributed by atoms with Crippen LogP contribution in [0, 0.1) is 11.3 Å². The lowest BCUT2D eigenvalue weighted by Crippen LogP contribution is -2.41. The first-order valence-electron chi connectivity index (χ1n) is 14.7. The lowest BCUT2D eigenvalue weighted by Gasteiger charge is -2.33. The standard InChI is InChI=1S/C17H26N2O2.C17H20N2O2/c2*1-17(2,3)21-16(20)19-9-7-14(8-10-19)15-6-4-5-13(11-15)12-18/h4-6,11,14H,7-10,12,18H2,1-3H3;4-7,11H,8-10H2,1-3H3. The fourth-order valence-electron chi connectivity index (χ4n) is 4.91. The molecule has 8 nitrogen and oxygen atoms in total. The summed E-state index contributed by atoms with van der Waals surface area (Å²) in [5, 5.41) is 8.94. The first kappa shape index (κ1) is 32.7. The Morgan fingerprint density at radius 3 is 2.07 bits per heavy atom. The zero-order chi connectivity index (χ0) is 30.9. The van der Waals surface area contributed by atoms with Crippen molar-refractivity contribution in [2.75, 3.05) is 26.2 Å². The fraction of sp³-hybridized carbons (Fsp3) is 0.500. The molecule has 1 saturated heterocycles. The average Bonchev–Trinajstić information content (AvgIpc) is 2.96. The van der Waals surface area contributed by atoms with Gasteiger partial charge in [0.1, 0.15) is 11.2 Å². The number of nitrogens with two attached hydrogens (primary N) is 1. The van der Waals surface area contributed by atoms with E-state index < -0.39 is 11.2 Å². The van der Waals surface area contributed by atoms with Crippen LogP contribution in [-0.4, -0.2) is 59.4 Å². The van der Waals surface area contributed by atoms with Crippen molar-refractivity contribution in [3.63, 3.8) is 0 Å². The molecule has 2 N–H and O–H groups in total. The first-order chi connectivity index (χ1) is 19.8. The maximum absolute atomic E-state index is 12.0. The van der Waals surface area contributed by atoms with Crippen LogP contribution in [0.3, 0.4) is 0 Å². The quantitative estimate of drug-likeness (QED) is 0.430. The molecule has 2 aromatic carbocycles. The van der Waals surface area contributed by atoms with Crippen LogP contribution in [0.5, 0.6) is 0 Å². The molecule has 2 heterocycles. The van der Waals surface area contributed by atoms with E-state index in [2.05, 4.69) is 30.3 Å². The van der Waals surface area contributed by atoms with Gasteiger partial charge in [0.2, 0.25) is 0 Å². The van der Waals surface area contributed by atoms with E-state index >= 15 is 0 Å². The number of rotatable bonds is 3. The summed E-state index contributed by atoms with van der Waals surface area (Å²) in [7, 11) is 0. The highest BCUT2D eigenvalue weighted by Gasteiger charge is 2.27. The SMILES string of the molecule is CC(C)(C)OC(=O)N1CC=C(c2cccc(C#N)c2)CC1.CC(C)(C)OC(=O)N1CCC(c2cccc(CN)c2)CC1. The number of nitrogens with zero attached hydrogens (tertiary/aromatic N) is 3. The van der Waals surface area contributed by atoms with Gasteiger partial charge in [-0.15, -0.1) is 0 Å². The second kappa shape index (κ2) is 14.4. The van der Waals surface area contributed by atoms with E-state index in [1.807, 2.05) is 70.7 Å². The molecular formula is C34H46N4O4. The molecule has 2 aliphatic rings. The Kier molecular flexibility index (Phi) is 11.2. The molecule has 0 aromatic heterocycles. The monoisotopic (exact) mass is 574 g/mol. The minimum atomic E-state index is -0.470. The summed E-state index contributed by atoms with van der Waals surface area (Å²) in [6.07, 6.45) is 4.29. The number of hydrogen-bond donors (Lipinski definition) is 1. The molecule has 0 atom stereocenters. The van der Waals surface area contributed by atoms with Crippen LogP contribution in [0.4, 0.5) is 9.59 Å². The molecule has 0 unspecified atom stereocenters. The Morgan fingerprint density at radius 2 is 1.52 bits per heavy atom. The summed E-state index contributed by atoms with van der Waals surface area (Å²) in [5.74, 6) is 0.509. The van der Waals surface area contributed by atoms with Gasteiger partial charge in [0.05, 0.1) is 11.6 Å². The van der Waals surface area contributed by atoms with Crippen LogP contribution >= 0.6 is 0 Å². The molecule has 2 aliphatic heterocycles. The lowest BCUT2D eigenvalue weighted by molar-refractivity contribution is 0.0203. The predicted molar refractivity (Wildman–Crippen MR) is 166 cm³/mol. The Morgan fingerprint density at radius 1 is 0.905 bits per heavy atom. The van der Waals surface area contributed by atoms with Gasteiger partial charge in [-0.3, -0.25) is 0 Å². The number of carbonyl (C=O) groups is 2. The Labute approximate surface area is 251 Å². The predicted octanol–water partition coefficient (Wildman–Crippen LogP) is 6.84. The van der Waals surface area contributed by atoms with Gasteiger partial charge in [-0.05, 0) is 101 Å². The number of amides is 2. The normalized spacial score (nSPS) is 16.0.